The summed E-state index contributed by atoms with van der Waals surface area (Å²) in [6.45, 7) is 0. The molecule has 59 heavy (non-hydrogen) atoms. The molecule has 1 aromatic heterocycles. The fourth-order valence-corrected chi connectivity index (χ4v) is 10.1. The van der Waals surface area contributed by atoms with Crippen molar-refractivity contribution < 1.29 is 0 Å². The predicted octanol–water partition coefficient (Wildman–Crippen LogP) is 14.9. The van der Waals surface area contributed by atoms with Crippen molar-refractivity contribution in [3.8, 4) is 16.8 Å². The maximum atomic E-state index is 2.40. The first-order chi connectivity index (χ1) is 29.3. The van der Waals surface area contributed by atoms with Crippen molar-refractivity contribution in [2.75, 3.05) is 4.90 Å². The highest BCUT2D eigenvalue weighted by atomic mass is 15.1. The second-order valence-electron chi connectivity index (χ2n) is 15.7. The number of nitrogens with zero attached hydrogens (tertiary/aromatic N) is 2. The summed E-state index contributed by atoms with van der Waals surface area (Å²) in [4.78, 5) is 2.40. The van der Waals surface area contributed by atoms with Crippen LogP contribution in [0.3, 0.4) is 0 Å². The number of hydrogen-bond acceptors (Lipinski definition) is 1. The summed E-state index contributed by atoms with van der Waals surface area (Å²) in [5.41, 5.74) is 14.1. The molecule has 0 saturated heterocycles. The second kappa shape index (κ2) is 13.2. The van der Waals surface area contributed by atoms with E-state index in [1.807, 2.05) is 0 Å². The lowest BCUT2D eigenvalue weighted by atomic mass is 9.66. The van der Waals surface area contributed by atoms with Gasteiger partial charge in [0.25, 0.3) is 0 Å². The molecule has 2 heteroatoms. The van der Waals surface area contributed by atoms with Crippen LogP contribution in [0.5, 0.6) is 0 Å². The van der Waals surface area contributed by atoms with Crippen molar-refractivity contribution in [2.24, 2.45) is 0 Å². The standard InChI is InChI=1S/C57H38N2/c1-2-17-42(18-3-1)57(53-23-11-8-20-49(53)52-37-27-40-15-6-7-19-48(40)56(52)57)43-28-31-44(32-29-43)58(47-30-26-39-14-4-5-16-41(39)38-47)45-33-35-46(36-34-45)59-54-24-12-9-21-50(54)51-22-10-13-25-55(51)59/h1-38H. The summed E-state index contributed by atoms with van der Waals surface area (Å²) in [5, 5.41) is 7.50. The number of benzene rings is 10. The predicted molar refractivity (Wildman–Crippen MR) is 248 cm³/mol. The van der Waals surface area contributed by atoms with Crippen molar-refractivity contribution in [1.82, 2.24) is 4.57 Å². The first kappa shape index (κ1) is 33.5. The van der Waals surface area contributed by atoms with Crippen LogP contribution in [0.4, 0.5) is 17.1 Å². The Morgan fingerprint density at radius 3 is 1.59 bits per heavy atom. The highest BCUT2D eigenvalue weighted by Crippen LogP contribution is 2.58. The molecule has 0 radical (unpaired) electrons. The average Bonchev–Trinajstić information content (AvgIpc) is 3.81. The highest BCUT2D eigenvalue weighted by molar-refractivity contribution is 6.09. The fourth-order valence-electron chi connectivity index (χ4n) is 10.1. The molecule has 0 amide bonds. The number of hydrogen-bond donors (Lipinski definition) is 0. The SMILES string of the molecule is c1ccc(C2(c3ccc(N(c4ccc(-n5c6ccccc6c6ccccc65)cc4)c4ccc5ccccc5c4)cc3)c3ccccc3-c3ccc4ccccc4c32)cc1. The number of fused-ring (bicyclic) bond motifs is 9. The van der Waals surface area contributed by atoms with Crippen molar-refractivity contribution in [3.05, 3.63) is 253 Å². The first-order valence-corrected chi connectivity index (χ1v) is 20.4. The molecule has 0 bridgehead atoms. The molecule has 0 spiro atoms. The minimum Gasteiger partial charge on any atom is -0.310 e. The molecule has 1 heterocycles. The third kappa shape index (κ3) is 5.00. The quantitative estimate of drug-likeness (QED) is 0.164. The molecule has 0 aliphatic heterocycles. The van der Waals surface area contributed by atoms with Gasteiger partial charge in [0.05, 0.1) is 16.4 Å². The summed E-state index contributed by atoms with van der Waals surface area (Å²) in [7, 11) is 0. The normalized spacial score (nSPS) is 14.5. The van der Waals surface area contributed by atoms with E-state index in [1.165, 1.54) is 76.7 Å². The zero-order chi connectivity index (χ0) is 38.9. The molecular weight excluding hydrogens is 713 g/mol. The molecule has 0 saturated carbocycles. The van der Waals surface area contributed by atoms with Gasteiger partial charge in [-0.3, -0.25) is 0 Å². The van der Waals surface area contributed by atoms with Gasteiger partial charge in [-0.25, -0.2) is 0 Å². The van der Waals surface area contributed by atoms with Crippen LogP contribution >= 0.6 is 0 Å². The van der Waals surface area contributed by atoms with Gasteiger partial charge < -0.3 is 9.47 Å². The number of aromatic nitrogens is 1. The van der Waals surface area contributed by atoms with E-state index in [2.05, 4.69) is 240 Å². The van der Waals surface area contributed by atoms with Crippen molar-refractivity contribution in [2.45, 2.75) is 5.41 Å². The topological polar surface area (TPSA) is 8.17 Å². The van der Waals surface area contributed by atoms with E-state index in [4.69, 9.17) is 0 Å². The van der Waals surface area contributed by atoms with Crippen molar-refractivity contribution in [3.63, 3.8) is 0 Å². The van der Waals surface area contributed by atoms with Gasteiger partial charge in [-0.05, 0) is 116 Å². The molecule has 1 aliphatic carbocycles. The van der Waals surface area contributed by atoms with Gasteiger partial charge in [-0.15, -0.1) is 0 Å². The second-order valence-corrected chi connectivity index (χ2v) is 15.7. The van der Waals surface area contributed by atoms with Crippen LogP contribution in [-0.2, 0) is 5.41 Å². The Hall–Kier alpha value is -7.68. The monoisotopic (exact) mass is 750 g/mol. The Kier molecular flexibility index (Phi) is 7.48. The van der Waals surface area contributed by atoms with E-state index < -0.39 is 5.41 Å². The lowest BCUT2D eigenvalue weighted by Gasteiger charge is -2.35. The van der Waals surface area contributed by atoms with Gasteiger partial charge in [0.15, 0.2) is 0 Å². The average molecular weight is 751 g/mol. The van der Waals surface area contributed by atoms with Crippen LogP contribution < -0.4 is 4.90 Å². The molecule has 1 unspecified atom stereocenters. The van der Waals surface area contributed by atoms with Gasteiger partial charge >= 0.3 is 0 Å². The van der Waals surface area contributed by atoms with Crippen LogP contribution in [0, 0.1) is 0 Å². The van der Waals surface area contributed by atoms with Crippen LogP contribution in [0.25, 0.3) is 60.2 Å². The maximum Gasteiger partial charge on any atom is 0.0719 e. The van der Waals surface area contributed by atoms with E-state index in [-0.39, 0.29) is 0 Å². The van der Waals surface area contributed by atoms with E-state index >= 15 is 0 Å². The molecular formula is C57H38N2. The summed E-state index contributed by atoms with van der Waals surface area (Å²) >= 11 is 0. The van der Waals surface area contributed by atoms with Crippen LogP contribution in [0.15, 0.2) is 231 Å². The Morgan fingerprint density at radius 2 is 0.864 bits per heavy atom. The molecule has 1 aliphatic rings. The summed E-state index contributed by atoms with van der Waals surface area (Å²) in [5.74, 6) is 0. The molecule has 0 fully saturated rings. The molecule has 10 aromatic carbocycles. The summed E-state index contributed by atoms with van der Waals surface area (Å²) in [6, 6.07) is 84.9. The molecule has 11 aromatic rings. The smallest absolute Gasteiger partial charge is 0.0719 e. The third-order valence-corrected chi connectivity index (χ3v) is 12.6. The zero-order valence-electron chi connectivity index (χ0n) is 32.3. The van der Waals surface area contributed by atoms with Gasteiger partial charge in [0.2, 0.25) is 0 Å². The van der Waals surface area contributed by atoms with E-state index in [1.54, 1.807) is 0 Å². The fraction of sp³-hybridized carbons (Fsp3) is 0.0175. The minimum atomic E-state index is -0.510. The number of rotatable bonds is 6. The molecule has 2 nitrogen and oxygen atoms in total. The van der Waals surface area contributed by atoms with Crippen LogP contribution in [0.2, 0.25) is 0 Å². The van der Waals surface area contributed by atoms with E-state index in [0.29, 0.717) is 0 Å². The lowest BCUT2D eigenvalue weighted by Crippen LogP contribution is -2.29. The van der Waals surface area contributed by atoms with Crippen LogP contribution in [-0.4, -0.2) is 4.57 Å². The Morgan fingerprint density at radius 1 is 0.339 bits per heavy atom. The Balaban J connectivity index is 1.05. The van der Waals surface area contributed by atoms with Gasteiger partial charge in [0, 0.05) is 33.5 Å². The molecule has 12 rings (SSSR count). The van der Waals surface area contributed by atoms with Crippen LogP contribution in [0.1, 0.15) is 22.3 Å². The molecule has 1 atom stereocenters. The number of anilines is 3. The van der Waals surface area contributed by atoms with Gasteiger partial charge in [-0.1, -0.05) is 170 Å². The largest absolute Gasteiger partial charge is 0.310 e. The van der Waals surface area contributed by atoms with E-state index in [9.17, 15) is 0 Å². The Bertz CT molecular complexity index is 3320. The molecule has 276 valence electrons. The van der Waals surface area contributed by atoms with Gasteiger partial charge in [-0.2, -0.15) is 0 Å². The minimum absolute atomic E-state index is 0.510. The van der Waals surface area contributed by atoms with Crippen molar-refractivity contribution >= 4 is 60.4 Å². The maximum absolute atomic E-state index is 2.40. The van der Waals surface area contributed by atoms with Gasteiger partial charge in [0.1, 0.15) is 0 Å². The summed E-state index contributed by atoms with van der Waals surface area (Å²) in [6.07, 6.45) is 0. The lowest BCUT2D eigenvalue weighted by molar-refractivity contribution is 0.775. The zero-order valence-corrected chi connectivity index (χ0v) is 32.3. The number of para-hydroxylation sites is 2. The first-order valence-electron chi connectivity index (χ1n) is 20.4. The van der Waals surface area contributed by atoms with E-state index in [0.717, 1.165) is 22.7 Å². The third-order valence-electron chi connectivity index (χ3n) is 12.6. The summed E-state index contributed by atoms with van der Waals surface area (Å²) < 4.78 is 2.38. The highest BCUT2D eigenvalue weighted by Gasteiger charge is 2.47. The molecule has 0 N–H and O–H groups in total. The Labute approximate surface area is 343 Å². The van der Waals surface area contributed by atoms with Crippen molar-refractivity contribution in [1.29, 1.82) is 0 Å².